The highest BCUT2D eigenvalue weighted by Gasteiger charge is 2.38. The van der Waals surface area contributed by atoms with E-state index in [1.807, 2.05) is 12.2 Å². The van der Waals surface area contributed by atoms with Crippen molar-refractivity contribution in [1.82, 2.24) is 4.90 Å². The molecule has 3 rings (SSSR count). The summed E-state index contributed by atoms with van der Waals surface area (Å²) in [4.78, 5) is 13.8. The molecule has 1 saturated heterocycles. The van der Waals surface area contributed by atoms with E-state index in [4.69, 9.17) is 0 Å². The van der Waals surface area contributed by atoms with E-state index in [1.165, 1.54) is 17.7 Å². The molecule has 3 nitrogen and oxygen atoms in total. The molecule has 0 spiro atoms. The van der Waals surface area contributed by atoms with Gasteiger partial charge in [0.15, 0.2) is 12.5 Å². The summed E-state index contributed by atoms with van der Waals surface area (Å²) in [5.41, 5.74) is 2.46. The van der Waals surface area contributed by atoms with Crippen molar-refractivity contribution in [3.05, 3.63) is 35.6 Å². The predicted octanol–water partition coefficient (Wildman–Crippen LogP) is 1.06. The smallest absolute Gasteiger partial charge is 0.179 e. The molecule has 3 aliphatic rings. The van der Waals surface area contributed by atoms with E-state index >= 15 is 0 Å². The van der Waals surface area contributed by atoms with Gasteiger partial charge in [0, 0.05) is 12.6 Å². The molecule has 0 aromatic rings. The van der Waals surface area contributed by atoms with Crippen LogP contribution in [-0.4, -0.2) is 48.5 Å². The molecule has 1 atom stereocenters. The Morgan fingerprint density at radius 2 is 2.19 bits per heavy atom. The van der Waals surface area contributed by atoms with Gasteiger partial charge in [0.1, 0.15) is 0 Å². The monoisotopic (exact) mass is 217 g/mol. The van der Waals surface area contributed by atoms with Crippen LogP contribution < -0.4 is 0 Å². The Kier molecular flexibility index (Phi) is 1.89. The van der Waals surface area contributed by atoms with Crippen molar-refractivity contribution >= 4 is 5.78 Å². The van der Waals surface area contributed by atoms with Crippen molar-refractivity contribution in [1.29, 1.82) is 0 Å². The normalized spacial score (nSPS) is 30.8. The number of carbonyl (C=O) groups excluding carboxylic acids is 1. The Morgan fingerprint density at radius 1 is 1.38 bits per heavy atom. The van der Waals surface area contributed by atoms with Crippen molar-refractivity contribution < 1.29 is 9.28 Å². The van der Waals surface area contributed by atoms with E-state index in [2.05, 4.69) is 25.2 Å². The molecule has 3 heteroatoms. The largest absolute Gasteiger partial charge is 0.324 e. The highest BCUT2D eigenvalue weighted by Crippen LogP contribution is 2.35. The van der Waals surface area contributed by atoms with Gasteiger partial charge in [-0.25, -0.2) is 0 Å². The molecule has 2 aliphatic heterocycles. The summed E-state index contributed by atoms with van der Waals surface area (Å²) in [6.07, 6.45) is 8.77. The topological polar surface area (TPSA) is 20.3 Å². The van der Waals surface area contributed by atoms with Crippen molar-refractivity contribution in [2.24, 2.45) is 0 Å². The Balaban J connectivity index is 1.94. The fourth-order valence-corrected chi connectivity index (χ4v) is 2.85. The number of hydrogen-bond donors (Lipinski definition) is 0. The first-order chi connectivity index (χ1) is 7.55. The fourth-order valence-electron chi connectivity index (χ4n) is 2.85. The fraction of sp³-hybridized carbons (Fsp3) is 0.462. The van der Waals surface area contributed by atoms with Crippen molar-refractivity contribution in [2.45, 2.75) is 12.5 Å². The Labute approximate surface area is 95.9 Å². The second kappa shape index (κ2) is 3.08. The van der Waals surface area contributed by atoms with E-state index < -0.39 is 0 Å². The second-order valence-electron chi connectivity index (χ2n) is 5.54. The van der Waals surface area contributed by atoms with Gasteiger partial charge in [-0.05, 0) is 29.4 Å². The Hall–Kier alpha value is -1.35. The summed E-state index contributed by atoms with van der Waals surface area (Å²) in [7, 11) is 4.51. The lowest BCUT2D eigenvalue weighted by Crippen LogP contribution is -2.55. The minimum absolute atomic E-state index is 0.133. The van der Waals surface area contributed by atoms with E-state index in [0.717, 1.165) is 17.6 Å². The lowest BCUT2D eigenvalue weighted by Gasteiger charge is -2.42. The van der Waals surface area contributed by atoms with Gasteiger partial charge in [-0.15, -0.1) is 0 Å². The zero-order valence-corrected chi connectivity index (χ0v) is 9.81. The summed E-state index contributed by atoms with van der Waals surface area (Å²) >= 11 is 0. The predicted molar refractivity (Wildman–Crippen MR) is 62.4 cm³/mol. The van der Waals surface area contributed by atoms with Crippen LogP contribution in [0.3, 0.4) is 0 Å². The molecule has 0 N–H and O–H groups in total. The number of ketones is 1. The quantitative estimate of drug-likeness (QED) is 0.565. The molecular formula is C13H17N2O+. The van der Waals surface area contributed by atoms with Gasteiger partial charge >= 0.3 is 0 Å². The van der Waals surface area contributed by atoms with Crippen LogP contribution in [0.1, 0.15) is 6.42 Å². The average molecular weight is 217 g/mol. The first-order valence-corrected chi connectivity index (χ1v) is 5.79. The van der Waals surface area contributed by atoms with Crippen LogP contribution in [0.25, 0.3) is 0 Å². The summed E-state index contributed by atoms with van der Waals surface area (Å²) in [5, 5.41) is 0. The number of fused-ring (bicyclic) bond motifs is 3. The molecule has 0 aromatic heterocycles. The summed E-state index contributed by atoms with van der Waals surface area (Å²) in [5.74, 6) is 0.133. The number of carbonyl (C=O) groups is 1. The van der Waals surface area contributed by atoms with E-state index in [9.17, 15) is 4.79 Å². The number of hydrogen-bond acceptors (Lipinski definition) is 2. The molecule has 0 radical (unpaired) electrons. The third-order valence-corrected chi connectivity index (χ3v) is 3.68. The van der Waals surface area contributed by atoms with Crippen LogP contribution in [0.5, 0.6) is 0 Å². The molecule has 1 unspecified atom stereocenters. The van der Waals surface area contributed by atoms with Crippen LogP contribution in [0, 0.1) is 0 Å². The highest BCUT2D eigenvalue weighted by molar-refractivity contribution is 6.02. The lowest BCUT2D eigenvalue weighted by molar-refractivity contribution is -0.905. The maximum atomic E-state index is 11.4. The lowest BCUT2D eigenvalue weighted by atomic mass is 9.93. The number of nitrogens with zero attached hydrogens (tertiary/aromatic N) is 2. The van der Waals surface area contributed by atoms with Crippen LogP contribution in [0.2, 0.25) is 0 Å². The first kappa shape index (κ1) is 9.85. The summed E-state index contributed by atoms with van der Waals surface area (Å²) in [6.45, 7) is 2.21. The molecule has 0 bridgehead atoms. The third-order valence-electron chi connectivity index (χ3n) is 3.68. The summed E-state index contributed by atoms with van der Waals surface area (Å²) < 4.78 is 1.03. The van der Waals surface area contributed by atoms with Gasteiger partial charge in [0.25, 0.3) is 0 Å². The molecule has 0 amide bonds. The third kappa shape index (κ3) is 1.43. The van der Waals surface area contributed by atoms with Gasteiger partial charge in [0.05, 0.1) is 26.7 Å². The Bertz CT molecular complexity index is 443. The van der Waals surface area contributed by atoms with Crippen LogP contribution in [0.15, 0.2) is 35.6 Å². The van der Waals surface area contributed by atoms with Crippen molar-refractivity contribution in [2.75, 3.05) is 27.3 Å². The van der Waals surface area contributed by atoms with E-state index in [1.54, 1.807) is 6.08 Å². The van der Waals surface area contributed by atoms with Crippen LogP contribution in [-0.2, 0) is 4.79 Å². The summed E-state index contributed by atoms with van der Waals surface area (Å²) in [6, 6.07) is 0.440. The second-order valence-corrected chi connectivity index (χ2v) is 5.54. The van der Waals surface area contributed by atoms with E-state index in [0.29, 0.717) is 6.04 Å². The SMILES string of the molecule is C[N+]1(C)CCC2C3=CC(=O)C=CC3=CN2C1. The van der Waals surface area contributed by atoms with Gasteiger partial charge in [0.2, 0.25) is 0 Å². The minimum atomic E-state index is 0.133. The number of rotatable bonds is 0. The zero-order chi connectivity index (χ0) is 11.3. The molecular weight excluding hydrogens is 200 g/mol. The molecule has 16 heavy (non-hydrogen) atoms. The molecule has 0 saturated carbocycles. The van der Waals surface area contributed by atoms with E-state index in [-0.39, 0.29) is 5.78 Å². The van der Waals surface area contributed by atoms with Crippen LogP contribution in [0.4, 0.5) is 0 Å². The van der Waals surface area contributed by atoms with Gasteiger partial charge in [-0.1, -0.05) is 0 Å². The Morgan fingerprint density at radius 3 is 3.00 bits per heavy atom. The standard InChI is InChI=1S/C13H17N2O/c1-15(2)6-5-13-12-7-11(16)4-3-10(12)8-14(13)9-15/h3-4,7-8,13H,5-6,9H2,1-2H3/q+1. The van der Waals surface area contributed by atoms with Crippen molar-refractivity contribution in [3.63, 3.8) is 0 Å². The maximum absolute atomic E-state index is 11.4. The van der Waals surface area contributed by atoms with Crippen molar-refractivity contribution in [3.8, 4) is 0 Å². The zero-order valence-electron chi connectivity index (χ0n) is 9.81. The van der Waals surface area contributed by atoms with Gasteiger partial charge in [-0.3, -0.25) is 4.79 Å². The van der Waals surface area contributed by atoms with Crippen LogP contribution >= 0.6 is 0 Å². The van der Waals surface area contributed by atoms with Gasteiger partial charge in [-0.2, -0.15) is 0 Å². The molecule has 1 fully saturated rings. The number of quaternary nitrogens is 1. The van der Waals surface area contributed by atoms with Gasteiger partial charge < -0.3 is 9.38 Å². The number of allylic oxidation sites excluding steroid dienone is 3. The first-order valence-electron chi connectivity index (χ1n) is 5.79. The highest BCUT2D eigenvalue weighted by atomic mass is 16.1. The average Bonchev–Trinajstić information content (AvgIpc) is 2.52. The molecule has 0 aromatic carbocycles. The minimum Gasteiger partial charge on any atom is -0.324 e. The molecule has 2 heterocycles. The molecule has 84 valence electrons. The maximum Gasteiger partial charge on any atom is 0.179 e. The molecule has 1 aliphatic carbocycles.